The molecule has 5 heteroatoms. The highest BCUT2D eigenvalue weighted by molar-refractivity contribution is 5.78. The minimum atomic E-state index is 0.0350. The topological polar surface area (TPSA) is 56.1 Å². The van der Waals surface area contributed by atoms with Gasteiger partial charge in [0.2, 0.25) is 5.91 Å². The lowest BCUT2D eigenvalue weighted by molar-refractivity contribution is -0.120. The molecule has 1 N–H and O–H groups in total. The Morgan fingerprint density at radius 1 is 0.906 bits per heavy atom. The molecule has 1 amide bonds. The molecule has 1 aromatic heterocycles. The van der Waals surface area contributed by atoms with Gasteiger partial charge in [-0.3, -0.25) is 4.79 Å². The van der Waals surface area contributed by atoms with Crippen molar-refractivity contribution >= 4 is 16.9 Å². The first kappa shape index (κ1) is 21.6. The Morgan fingerprint density at radius 3 is 2.44 bits per heavy atom. The third kappa shape index (κ3) is 5.55. The number of hydrogen-bond acceptors (Lipinski definition) is 3. The number of methoxy groups -OCH3 is 1. The summed E-state index contributed by atoms with van der Waals surface area (Å²) in [5.41, 5.74) is 4.49. The van der Waals surface area contributed by atoms with Crippen LogP contribution in [0.4, 0.5) is 0 Å². The first-order valence-electron chi connectivity index (χ1n) is 11.1. The van der Waals surface area contributed by atoms with E-state index in [-0.39, 0.29) is 5.91 Å². The number of aryl methyl sites for hydroxylation is 3. The molecule has 4 aromatic rings. The van der Waals surface area contributed by atoms with Crippen LogP contribution in [0.1, 0.15) is 23.4 Å². The third-order valence-corrected chi connectivity index (χ3v) is 5.62. The summed E-state index contributed by atoms with van der Waals surface area (Å²) in [5, 5.41) is 3.03. The van der Waals surface area contributed by atoms with Crippen LogP contribution in [0.15, 0.2) is 78.9 Å². The summed E-state index contributed by atoms with van der Waals surface area (Å²) in [6, 6.07) is 26.4. The summed E-state index contributed by atoms with van der Waals surface area (Å²) >= 11 is 0. The minimum Gasteiger partial charge on any atom is -0.497 e. The van der Waals surface area contributed by atoms with Gasteiger partial charge in [-0.05, 0) is 48.2 Å². The number of ether oxygens (including phenoxy) is 1. The van der Waals surface area contributed by atoms with E-state index < -0.39 is 0 Å². The van der Waals surface area contributed by atoms with E-state index in [0.717, 1.165) is 48.5 Å². The first-order chi connectivity index (χ1) is 15.7. The quantitative estimate of drug-likeness (QED) is 0.377. The molecule has 0 aliphatic heterocycles. The van der Waals surface area contributed by atoms with Crippen molar-refractivity contribution in [1.82, 2.24) is 14.9 Å². The molecule has 0 aliphatic rings. The van der Waals surface area contributed by atoms with E-state index in [1.165, 1.54) is 11.1 Å². The number of amides is 1. The number of nitrogens with one attached hydrogen (secondary N) is 1. The number of carbonyl (C=O) groups is 1. The Balaban J connectivity index is 1.32. The number of para-hydroxylation sites is 2. The predicted molar refractivity (Wildman–Crippen MR) is 128 cm³/mol. The SMILES string of the molecule is COc1ccc(CC(=O)NCCCc2nc3ccccc3n2CCc2ccccc2)cc1. The fourth-order valence-electron chi connectivity index (χ4n) is 3.92. The number of hydrogen-bond donors (Lipinski definition) is 1. The number of rotatable bonds is 10. The molecule has 32 heavy (non-hydrogen) atoms. The van der Waals surface area contributed by atoms with Gasteiger partial charge in [-0.1, -0.05) is 54.6 Å². The molecule has 164 valence electrons. The second-order valence-electron chi connectivity index (χ2n) is 7.88. The van der Waals surface area contributed by atoms with Gasteiger partial charge in [0.05, 0.1) is 24.6 Å². The van der Waals surface area contributed by atoms with Crippen LogP contribution in [0.2, 0.25) is 0 Å². The summed E-state index contributed by atoms with van der Waals surface area (Å²) in [6.07, 6.45) is 3.02. The molecule has 0 spiro atoms. The number of benzene rings is 3. The molecule has 0 bridgehead atoms. The molecular formula is C27H29N3O2. The van der Waals surface area contributed by atoms with E-state index in [1.807, 2.05) is 36.4 Å². The highest BCUT2D eigenvalue weighted by Gasteiger charge is 2.11. The van der Waals surface area contributed by atoms with Crippen molar-refractivity contribution < 1.29 is 9.53 Å². The average molecular weight is 428 g/mol. The summed E-state index contributed by atoms with van der Waals surface area (Å²) < 4.78 is 7.48. The van der Waals surface area contributed by atoms with E-state index >= 15 is 0 Å². The van der Waals surface area contributed by atoms with Crippen molar-refractivity contribution in [3.63, 3.8) is 0 Å². The Labute approximate surface area is 189 Å². The summed E-state index contributed by atoms with van der Waals surface area (Å²) in [7, 11) is 1.64. The molecule has 0 saturated carbocycles. The van der Waals surface area contributed by atoms with Crippen molar-refractivity contribution in [2.75, 3.05) is 13.7 Å². The zero-order valence-electron chi connectivity index (χ0n) is 18.5. The van der Waals surface area contributed by atoms with Crippen molar-refractivity contribution in [3.8, 4) is 5.75 Å². The van der Waals surface area contributed by atoms with Crippen LogP contribution in [-0.2, 0) is 30.6 Å². The molecule has 0 fully saturated rings. The molecular weight excluding hydrogens is 398 g/mol. The zero-order valence-corrected chi connectivity index (χ0v) is 18.5. The number of aromatic nitrogens is 2. The molecule has 3 aromatic carbocycles. The van der Waals surface area contributed by atoms with Gasteiger partial charge in [-0.2, -0.15) is 0 Å². The monoisotopic (exact) mass is 427 g/mol. The van der Waals surface area contributed by atoms with E-state index in [4.69, 9.17) is 9.72 Å². The number of imidazole rings is 1. The van der Waals surface area contributed by atoms with Crippen LogP contribution in [0, 0.1) is 0 Å². The predicted octanol–water partition coefficient (Wildman–Crippen LogP) is 4.58. The normalized spacial score (nSPS) is 10.9. The molecule has 0 aliphatic carbocycles. The smallest absolute Gasteiger partial charge is 0.224 e. The lowest BCUT2D eigenvalue weighted by Gasteiger charge is -2.10. The highest BCUT2D eigenvalue weighted by Crippen LogP contribution is 2.18. The van der Waals surface area contributed by atoms with Gasteiger partial charge < -0.3 is 14.6 Å². The Hall–Kier alpha value is -3.60. The van der Waals surface area contributed by atoms with Crippen LogP contribution in [0.5, 0.6) is 5.75 Å². The standard InChI is InChI=1S/C27H29N3O2/c1-32-23-15-13-22(14-16-23)20-27(31)28-18-7-12-26-29-24-10-5-6-11-25(24)30(26)19-17-21-8-3-2-4-9-21/h2-6,8-11,13-16H,7,12,17-20H2,1H3,(H,28,31). The van der Waals surface area contributed by atoms with Gasteiger partial charge >= 0.3 is 0 Å². The Bertz CT molecular complexity index is 1150. The van der Waals surface area contributed by atoms with Gasteiger partial charge in [0.25, 0.3) is 0 Å². The summed E-state index contributed by atoms with van der Waals surface area (Å²) in [6.45, 7) is 1.53. The maximum Gasteiger partial charge on any atom is 0.224 e. The van der Waals surface area contributed by atoms with Crippen LogP contribution in [0.25, 0.3) is 11.0 Å². The second-order valence-corrected chi connectivity index (χ2v) is 7.88. The van der Waals surface area contributed by atoms with Gasteiger partial charge in [0, 0.05) is 19.5 Å². The van der Waals surface area contributed by atoms with Crippen molar-refractivity contribution in [1.29, 1.82) is 0 Å². The van der Waals surface area contributed by atoms with Gasteiger partial charge in [0.1, 0.15) is 11.6 Å². The van der Waals surface area contributed by atoms with Crippen molar-refractivity contribution in [2.24, 2.45) is 0 Å². The van der Waals surface area contributed by atoms with Gasteiger partial charge in [0.15, 0.2) is 0 Å². The zero-order chi connectivity index (χ0) is 22.2. The first-order valence-corrected chi connectivity index (χ1v) is 11.1. The van der Waals surface area contributed by atoms with Crippen molar-refractivity contribution in [3.05, 3.63) is 95.8 Å². The second kappa shape index (κ2) is 10.6. The average Bonchev–Trinajstić information content (AvgIpc) is 3.19. The molecule has 0 radical (unpaired) electrons. The Kier molecular flexibility index (Phi) is 7.18. The fourth-order valence-corrected chi connectivity index (χ4v) is 3.92. The van der Waals surface area contributed by atoms with Crippen LogP contribution >= 0.6 is 0 Å². The molecule has 1 heterocycles. The maximum atomic E-state index is 12.3. The van der Waals surface area contributed by atoms with E-state index in [2.05, 4.69) is 52.3 Å². The molecule has 0 saturated heterocycles. The number of nitrogens with zero attached hydrogens (tertiary/aromatic N) is 2. The maximum absolute atomic E-state index is 12.3. The van der Waals surface area contributed by atoms with E-state index in [1.54, 1.807) is 7.11 Å². The fraction of sp³-hybridized carbons (Fsp3) is 0.259. The molecule has 0 atom stereocenters. The van der Waals surface area contributed by atoms with Gasteiger partial charge in [-0.25, -0.2) is 4.98 Å². The number of carbonyl (C=O) groups excluding carboxylic acids is 1. The molecule has 0 unspecified atom stereocenters. The summed E-state index contributed by atoms with van der Waals surface area (Å²) in [5.74, 6) is 1.91. The number of fused-ring (bicyclic) bond motifs is 1. The summed E-state index contributed by atoms with van der Waals surface area (Å²) in [4.78, 5) is 17.1. The Morgan fingerprint density at radius 2 is 1.66 bits per heavy atom. The highest BCUT2D eigenvalue weighted by atomic mass is 16.5. The van der Waals surface area contributed by atoms with E-state index in [9.17, 15) is 4.79 Å². The van der Waals surface area contributed by atoms with Gasteiger partial charge in [-0.15, -0.1) is 0 Å². The lowest BCUT2D eigenvalue weighted by atomic mass is 10.1. The van der Waals surface area contributed by atoms with Crippen molar-refractivity contribution in [2.45, 2.75) is 32.2 Å². The lowest BCUT2D eigenvalue weighted by Crippen LogP contribution is -2.26. The minimum absolute atomic E-state index is 0.0350. The van der Waals surface area contributed by atoms with E-state index in [0.29, 0.717) is 13.0 Å². The molecule has 4 rings (SSSR count). The van der Waals surface area contributed by atoms with Crippen LogP contribution in [0.3, 0.4) is 0 Å². The molecule has 5 nitrogen and oxygen atoms in total. The van der Waals surface area contributed by atoms with Crippen LogP contribution in [-0.4, -0.2) is 29.1 Å². The third-order valence-electron chi connectivity index (χ3n) is 5.62. The largest absolute Gasteiger partial charge is 0.497 e. The van der Waals surface area contributed by atoms with Crippen LogP contribution < -0.4 is 10.1 Å².